The molecule has 0 saturated heterocycles. The van der Waals surface area contributed by atoms with E-state index >= 15 is 0 Å². The molecule has 2 N–H and O–H groups in total. The van der Waals surface area contributed by atoms with Crippen LogP contribution in [0.15, 0.2) is 52.4 Å². The van der Waals surface area contributed by atoms with Gasteiger partial charge >= 0.3 is 5.97 Å². The molecule has 0 spiro atoms. The number of aromatic nitrogens is 2. The maximum absolute atomic E-state index is 13.7. The van der Waals surface area contributed by atoms with Gasteiger partial charge in [-0.15, -0.1) is 0 Å². The van der Waals surface area contributed by atoms with Gasteiger partial charge in [0.15, 0.2) is 0 Å². The van der Waals surface area contributed by atoms with E-state index in [2.05, 4.69) is 9.97 Å². The van der Waals surface area contributed by atoms with Crippen LogP contribution in [0.3, 0.4) is 0 Å². The van der Waals surface area contributed by atoms with E-state index in [1.165, 1.54) is 6.07 Å². The van der Waals surface area contributed by atoms with Crippen LogP contribution in [0.25, 0.3) is 11.0 Å². The van der Waals surface area contributed by atoms with Crippen LogP contribution in [0.4, 0.5) is 4.39 Å². The predicted molar refractivity (Wildman–Crippen MR) is 73.6 cm³/mol. The second-order valence-corrected chi connectivity index (χ2v) is 5.12. The minimum atomic E-state index is -1.10. The number of pyridine rings is 1. The zero-order valence-electron chi connectivity index (χ0n) is 10.1. The summed E-state index contributed by atoms with van der Waals surface area (Å²) in [5, 5.41) is 9.25. The van der Waals surface area contributed by atoms with Crippen molar-refractivity contribution in [3.8, 4) is 0 Å². The molecule has 2 heterocycles. The molecular formula is C14H9FN2O2S. The topological polar surface area (TPSA) is 66.0 Å². The van der Waals surface area contributed by atoms with Crippen molar-refractivity contribution in [3.63, 3.8) is 0 Å². The molecule has 1 aromatic carbocycles. The first-order valence-electron chi connectivity index (χ1n) is 5.79. The molecule has 0 aliphatic heterocycles. The van der Waals surface area contributed by atoms with Crippen LogP contribution in [-0.4, -0.2) is 21.0 Å². The van der Waals surface area contributed by atoms with E-state index in [9.17, 15) is 14.3 Å². The lowest BCUT2D eigenvalue weighted by molar-refractivity contribution is 0.0687. The fourth-order valence-electron chi connectivity index (χ4n) is 1.88. The number of carboxylic acids is 1. The van der Waals surface area contributed by atoms with Gasteiger partial charge in [0.25, 0.3) is 0 Å². The Labute approximate surface area is 117 Å². The number of halogens is 1. The summed E-state index contributed by atoms with van der Waals surface area (Å²) >= 11 is 1.06. The maximum Gasteiger partial charge on any atom is 0.353 e. The van der Waals surface area contributed by atoms with Crippen LogP contribution in [0, 0.1) is 5.82 Å². The summed E-state index contributed by atoms with van der Waals surface area (Å²) in [4.78, 5) is 19.0. The Morgan fingerprint density at radius 1 is 1.25 bits per heavy atom. The highest BCUT2D eigenvalue weighted by molar-refractivity contribution is 7.99. The molecule has 3 rings (SSSR count). The molecule has 3 aromatic rings. The molecule has 0 amide bonds. The van der Waals surface area contributed by atoms with Gasteiger partial charge in [-0.1, -0.05) is 23.9 Å². The number of hydrogen-bond donors (Lipinski definition) is 2. The standard InChI is InChI=1S/C14H9FN2O2S/c15-8-4-1-2-6-10(8)20-13-11-9(5-3-7-16-11)17-12(13)14(18)19/h1-7,17H,(H,18,19). The number of benzene rings is 1. The van der Waals surface area contributed by atoms with Crippen molar-refractivity contribution in [1.29, 1.82) is 0 Å². The van der Waals surface area contributed by atoms with Gasteiger partial charge in [-0.05, 0) is 24.3 Å². The number of nitrogens with one attached hydrogen (secondary N) is 1. The van der Waals surface area contributed by atoms with Gasteiger partial charge in [0, 0.05) is 11.1 Å². The molecule has 4 nitrogen and oxygen atoms in total. The van der Waals surface area contributed by atoms with E-state index in [1.54, 1.807) is 36.5 Å². The summed E-state index contributed by atoms with van der Waals surface area (Å²) < 4.78 is 13.7. The number of H-pyrrole nitrogens is 1. The van der Waals surface area contributed by atoms with Crippen molar-refractivity contribution >= 4 is 28.8 Å². The molecule has 100 valence electrons. The van der Waals surface area contributed by atoms with Crippen molar-refractivity contribution in [2.45, 2.75) is 9.79 Å². The molecule has 0 atom stereocenters. The van der Waals surface area contributed by atoms with E-state index in [-0.39, 0.29) is 11.5 Å². The van der Waals surface area contributed by atoms with Crippen LogP contribution < -0.4 is 0 Å². The summed E-state index contributed by atoms with van der Waals surface area (Å²) in [6, 6.07) is 9.68. The highest BCUT2D eigenvalue weighted by Gasteiger charge is 2.19. The lowest BCUT2D eigenvalue weighted by Crippen LogP contribution is -1.98. The van der Waals surface area contributed by atoms with Crippen LogP contribution in [0.1, 0.15) is 10.5 Å². The third-order valence-electron chi connectivity index (χ3n) is 2.77. The smallest absolute Gasteiger partial charge is 0.353 e. The molecular weight excluding hydrogens is 279 g/mol. The zero-order valence-corrected chi connectivity index (χ0v) is 10.9. The van der Waals surface area contributed by atoms with Crippen molar-refractivity contribution in [1.82, 2.24) is 9.97 Å². The number of rotatable bonds is 3. The first-order chi connectivity index (χ1) is 9.66. The van der Waals surface area contributed by atoms with Crippen molar-refractivity contribution in [2.24, 2.45) is 0 Å². The second-order valence-electron chi connectivity index (χ2n) is 4.07. The van der Waals surface area contributed by atoms with Crippen LogP contribution >= 0.6 is 11.8 Å². The first-order valence-corrected chi connectivity index (χ1v) is 6.61. The highest BCUT2D eigenvalue weighted by Crippen LogP contribution is 2.36. The minimum absolute atomic E-state index is 0.0203. The lowest BCUT2D eigenvalue weighted by Gasteiger charge is -2.02. The van der Waals surface area contributed by atoms with Crippen LogP contribution in [-0.2, 0) is 0 Å². The molecule has 0 radical (unpaired) electrons. The van der Waals surface area contributed by atoms with E-state index in [4.69, 9.17) is 0 Å². The maximum atomic E-state index is 13.7. The van der Waals surface area contributed by atoms with Crippen LogP contribution in [0.5, 0.6) is 0 Å². The summed E-state index contributed by atoms with van der Waals surface area (Å²) in [6.07, 6.45) is 1.58. The second kappa shape index (κ2) is 4.97. The normalized spacial score (nSPS) is 10.8. The number of fused-ring (bicyclic) bond motifs is 1. The van der Waals surface area contributed by atoms with Gasteiger partial charge in [0.1, 0.15) is 17.0 Å². The van der Waals surface area contributed by atoms with Gasteiger partial charge < -0.3 is 10.1 Å². The Kier molecular flexibility index (Phi) is 3.15. The SMILES string of the molecule is O=C(O)c1[nH]c2cccnc2c1Sc1ccccc1F. The van der Waals surface area contributed by atoms with Gasteiger partial charge in [0.2, 0.25) is 0 Å². The Balaban J connectivity index is 2.17. The Morgan fingerprint density at radius 2 is 2.05 bits per heavy atom. The lowest BCUT2D eigenvalue weighted by atomic mass is 10.3. The average Bonchev–Trinajstić information content (AvgIpc) is 2.81. The third kappa shape index (κ3) is 2.14. The fraction of sp³-hybridized carbons (Fsp3) is 0. The molecule has 0 saturated carbocycles. The molecule has 0 fully saturated rings. The molecule has 6 heteroatoms. The van der Waals surface area contributed by atoms with Crippen molar-refractivity contribution in [2.75, 3.05) is 0 Å². The Hall–Kier alpha value is -2.34. The minimum Gasteiger partial charge on any atom is -0.477 e. The third-order valence-corrected chi connectivity index (χ3v) is 3.92. The highest BCUT2D eigenvalue weighted by atomic mass is 32.2. The van der Waals surface area contributed by atoms with Gasteiger partial charge in [-0.25, -0.2) is 9.18 Å². The zero-order chi connectivity index (χ0) is 14.1. The summed E-state index contributed by atoms with van der Waals surface area (Å²) in [7, 11) is 0. The number of aromatic carboxylic acids is 1. The van der Waals surface area contributed by atoms with E-state index in [1.807, 2.05) is 0 Å². The van der Waals surface area contributed by atoms with E-state index in [0.29, 0.717) is 20.8 Å². The summed E-state index contributed by atoms with van der Waals surface area (Å²) in [5.41, 5.74) is 1.16. The quantitative estimate of drug-likeness (QED) is 0.773. The molecule has 0 aliphatic carbocycles. The predicted octanol–water partition coefficient (Wildman–Crippen LogP) is 3.55. The Morgan fingerprint density at radius 3 is 2.80 bits per heavy atom. The summed E-state index contributed by atoms with van der Waals surface area (Å²) in [6.45, 7) is 0. The fourth-order valence-corrected chi connectivity index (χ4v) is 2.92. The van der Waals surface area contributed by atoms with Gasteiger partial charge in [-0.3, -0.25) is 4.98 Å². The largest absolute Gasteiger partial charge is 0.477 e. The molecule has 0 unspecified atom stereocenters. The number of hydrogen-bond acceptors (Lipinski definition) is 3. The summed E-state index contributed by atoms with van der Waals surface area (Å²) in [5.74, 6) is -1.49. The Bertz CT molecular complexity index is 801. The van der Waals surface area contributed by atoms with Gasteiger partial charge in [-0.2, -0.15) is 0 Å². The molecule has 0 bridgehead atoms. The molecule has 2 aromatic heterocycles. The molecule has 0 aliphatic rings. The number of carbonyl (C=O) groups is 1. The number of carboxylic acid groups (broad SMARTS) is 1. The molecule has 20 heavy (non-hydrogen) atoms. The van der Waals surface area contributed by atoms with Crippen LogP contribution in [0.2, 0.25) is 0 Å². The van der Waals surface area contributed by atoms with E-state index in [0.717, 1.165) is 11.8 Å². The number of nitrogens with zero attached hydrogens (tertiary/aromatic N) is 1. The monoisotopic (exact) mass is 288 g/mol. The first kappa shape index (κ1) is 12.7. The van der Waals surface area contributed by atoms with Crippen molar-refractivity contribution < 1.29 is 14.3 Å². The van der Waals surface area contributed by atoms with E-state index < -0.39 is 5.97 Å². The van der Waals surface area contributed by atoms with Crippen molar-refractivity contribution in [3.05, 3.63) is 54.1 Å². The average molecular weight is 288 g/mol. The number of aromatic amines is 1. The van der Waals surface area contributed by atoms with Gasteiger partial charge in [0.05, 0.1) is 10.4 Å².